The Morgan fingerprint density at radius 3 is 2.19 bits per heavy atom. The fraction of sp³-hybridized carbons (Fsp3) is 0.538. The van der Waals surface area contributed by atoms with Gasteiger partial charge in [-0.3, -0.25) is 0 Å². The standard InChI is InChI=1S/C13H19NO.H3N/c1-11-7-9-14(10-8-11)12-3-5-13(15-2)6-4-12;/h3-6,11H,7-10H2,1-2H3;1H3. The molecule has 1 fully saturated rings. The number of anilines is 1. The van der Waals surface area contributed by atoms with Crippen molar-refractivity contribution in [2.24, 2.45) is 5.92 Å². The summed E-state index contributed by atoms with van der Waals surface area (Å²) in [6.45, 7) is 4.71. The lowest BCUT2D eigenvalue weighted by Crippen LogP contribution is -2.32. The molecule has 3 N–H and O–H groups in total. The lowest BCUT2D eigenvalue weighted by molar-refractivity contribution is 0.414. The fourth-order valence-corrected chi connectivity index (χ4v) is 2.06. The Morgan fingerprint density at radius 2 is 1.69 bits per heavy atom. The Kier molecular flexibility index (Phi) is 4.62. The molecular formula is C13H22N2O. The molecule has 1 saturated heterocycles. The maximum atomic E-state index is 5.16. The quantitative estimate of drug-likeness (QED) is 0.836. The molecule has 0 spiro atoms. The summed E-state index contributed by atoms with van der Waals surface area (Å²) < 4.78 is 5.16. The van der Waals surface area contributed by atoms with Crippen LogP contribution in [0.15, 0.2) is 24.3 Å². The van der Waals surface area contributed by atoms with Crippen LogP contribution in [-0.2, 0) is 0 Å². The molecule has 16 heavy (non-hydrogen) atoms. The second-order valence-electron chi connectivity index (χ2n) is 4.37. The molecule has 3 nitrogen and oxygen atoms in total. The van der Waals surface area contributed by atoms with Crippen LogP contribution in [0.2, 0.25) is 0 Å². The Labute approximate surface area is 98.0 Å². The average Bonchev–Trinajstić information content (AvgIpc) is 2.30. The van der Waals surface area contributed by atoms with Gasteiger partial charge in [-0.25, -0.2) is 0 Å². The summed E-state index contributed by atoms with van der Waals surface area (Å²) in [5.41, 5.74) is 1.32. The van der Waals surface area contributed by atoms with Crippen molar-refractivity contribution in [1.29, 1.82) is 0 Å². The number of piperidine rings is 1. The Hall–Kier alpha value is -1.22. The van der Waals surface area contributed by atoms with Gasteiger partial charge in [0.15, 0.2) is 0 Å². The second-order valence-corrected chi connectivity index (χ2v) is 4.37. The topological polar surface area (TPSA) is 47.5 Å². The molecule has 0 saturated carbocycles. The van der Waals surface area contributed by atoms with E-state index in [1.165, 1.54) is 31.6 Å². The van der Waals surface area contributed by atoms with Gasteiger partial charge in [-0.2, -0.15) is 0 Å². The molecule has 0 radical (unpaired) electrons. The number of rotatable bonds is 2. The molecule has 1 aliphatic rings. The zero-order chi connectivity index (χ0) is 10.7. The summed E-state index contributed by atoms with van der Waals surface area (Å²) in [5, 5.41) is 0. The number of hydrogen-bond donors (Lipinski definition) is 1. The first-order chi connectivity index (χ1) is 7.29. The second kappa shape index (κ2) is 5.75. The van der Waals surface area contributed by atoms with Gasteiger partial charge in [0.1, 0.15) is 5.75 Å². The Balaban J connectivity index is 0.00000128. The summed E-state index contributed by atoms with van der Waals surface area (Å²) in [6.07, 6.45) is 2.62. The van der Waals surface area contributed by atoms with Gasteiger partial charge in [-0.05, 0) is 43.0 Å². The minimum absolute atomic E-state index is 0. The SMILES string of the molecule is COc1ccc(N2CCC(C)CC2)cc1.N. The summed E-state index contributed by atoms with van der Waals surface area (Å²) in [7, 11) is 1.71. The molecule has 90 valence electrons. The van der Waals surface area contributed by atoms with Crippen molar-refractivity contribution >= 4 is 5.69 Å². The molecule has 0 aromatic heterocycles. The van der Waals surface area contributed by atoms with Crippen LogP contribution < -0.4 is 15.8 Å². The number of benzene rings is 1. The first-order valence-corrected chi connectivity index (χ1v) is 5.68. The average molecular weight is 222 g/mol. The minimum Gasteiger partial charge on any atom is -0.497 e. The molecule has 2 rings (SSSR count). The molecule has 1 aliphatic heterocycles. The summed E-state index contributed by atoms with van der Waals surface area (Å²) in [5.74, 6) is 1.82. The summed E-state index contributed by atoms with van der Waals surface area (Å²) in [4.78, 5) is 2.46. The highest BCUT2D eigenvalue weighted by atomic mass is 16.5. The van der Waals surface area contributed by atoms with Crippen molar-refractivity contribution in [2.75, 3.05) is 25.1 Å². The lowest BCUT2D eigenvalue weighted by Gasteiger charge is -2.32. The van der Waals surface area contributed by atoms with Gasteiger partial charge in [0, 0.05) is 18.8 Å². The van der Waals surface area contributed by atoms with Crippen molar-refractivity contribution in [3.05, 3.63) is 24.3 Å². The molecule has 0 unspecified atom stereocenters. The Bertz CT molecular complexity index is 302. The van der Waals surface area contributed by atoms with Crippen LogP contribution in [0.1, 0.15) is 19.8 Å². The van der Waals surface area contributed by atoms with E-state index in [1.807, 2.05) is 12.1 Å². The van der Waals surface area contributed by atoms with Crippen molar-refractivity contribution < 1.29 is 4.74 Å². The number of hydrogen-bond acceptors (Lipinski definition) is 3. The molecule has 1 aromatic rings. The van der Waals surface area contributed by atoms with E-state index in [4.69, 9.17) is 4.74 Å². The predicted octanol–water partition coefficient (Wildman–Crippen LogP) is 3.09. The van der Waals surface area contributed by atoms with Crippen LogP contribution in [0, 0.1) is 5.92 Å². The first kappa shape index (κ1) is 12.8. The van der Waals surface area contributed by atoms with Crippen molar-refractivity contribution in [2.45, 2.75) is 19.8 Å². The van der Waals surface area contributed by atoms with Crippen LogP contribution in [0.5, 0.6) is 5.75 Å². The van der Waals surface area contributed by atoms with E-state index in [9.17, 15) is 0 Å². The van der Waals surface area contributed by atoms with Gasteiger partial charge in [-0.15, -0.1) is 0 Å². The monoisotopic (exact) mass is 222 g/mol. The molecule has 0 aliphatic carbocycles. The normalized spacial score (nSPS) is 16.8. The first-order valence-electron chi connectivity index (χ1n) is 5.68. The van der Waals surface area contributed by atoms with Crippen molar-refractivity contribution in [1.82, 2.24) is 6.15 Å². The number of ether oxygens (including phenoxy) is 1. The van der Waals surface area contributed by atoms with Crippen molar-refractivity contribution in [3.8, 4) is 5.75 Å². The number of nitrogens with zero attached hydrogens (tertiary/aromatic N) is 1. The third-order valence-corrected chi connectivity index (χ3v) is 3.22. The maximum absolute atomic E-state index is 5.16. The molecule has 0 atom stereocenters. The van der Waals surface area contributed by atoms with Crippen LogP contribution in [0.25, 0.3) is 0 Å². The van der Waals surface area contributed by atoms with Gasteiger partial charge < -0.3 is 15.8 Å². The van der Waals surface area contributed by atoms with Gasteiger partial charge in [0.25, 0.3) is 0 Å². The van der Waals surface area contributed by atoms with Crippen molar-refractivity contribution in [3.63, 3.8) is 0 Å². The van der Waals surface area contributed by atoms with Gasteiger partial charge in [0.2, 0.25) is 0 Å². The molecule has 1 heterocycles. The zero-order valence-electron chi connectivity index (χ0n) is 10.3. The number of methoxy groups -OCH3 is 1. The third kappa shape index (κ3) is 2.89. The van der Waals surface area contributed by atoms with Gasteiger partial charge in [0.05, 0.1) is 7.11 Å². The predicted molar refractivity (Wildman–Crippen MR) is 68.6 cm³/mol. The fourth-order valence-electron chi connectivity index (χ4n) is 2.06. The Morgan fingerprint density at radius 1 is 1.12 bits per heavy atom. The minimum atomic E-state index is 0. The van der Waals surface area contributed by atoms with E-state index in [2.05, 4.69) is 24.0 Å². The highest BCUT2D eigenvalue weighted by Gasteiger charge is 2.15. The van der Waals surface area contributed by atoms with E-state index in [-0.39, 0.29) is 6.15 Å². The van der Waals surface area contributed by atoms with E-state index in [1.54, 1.807) is 7.11 Å². The maximum Gasteiger partial charge on any atom is 0.119 e. The van der Waals surface area contributed by atoms with Gasteiger partial charge >= 0.3 is 0 Å². The summed E-state index contributed by atoms with van der Waals surface area (Å²) in [6, 6.07) is 8.37. The molecular weight excluding hydrogens is 200 g/mol. The van der Waals surface area contributed by atoms with Crippen LogP contribution in [0.3, 0.4) is 0 Å². The van der Waals surface area contributed by atoms with E-state index < -0.39 is 0 Å². The highest BCUT2D eigenvalue weighted by Crippen LogP contribution is 2.24. The van der Waals surface area contributed by atoms with Crippen LogP contribution in [-0.4, -0.2) is 20.2 Å². The van der Waals surface area contributed by atoms with Crippen LogP contribution >= 0.6 is 0 Å². The van der Waals surface area contributed by atoms with E-state index in [0.717, 1.165) is 11.7 Å². The molecule has 1 aromatic carbocycles. The van der Waals surface area contributed by atoms with E-state index >= 15 is 0 Å². The van der Waals surface area contributed by atoms with Crippen LogP contribution in [0.4, 0.5) is 5.69 Å². The largest absolute Gasteiger partial charge is 0.497 e. The molecule has 0 amide bonds. The highest BCUT2D eigenvalue weighted by molar-refractivity contribution is 5.49. The molecule has 3 heteroatoms. The lowest BCUT2D eigenvalue weighted by atomic mass is 9.99. The van der Waals surface area contributed by atoms with E-state index in [0.29, 0.717) is 0 Å². The van der Waals surface area contributed by atoms with Gasteiger partial charge in [-0.1, -0.05) is 6.92 Å². The summed E-state index contributed by atoms with van der Waals surface area (Å²) >= 11 is 0. The smallest absolute Gasteiger partial charge is 0.119 e. The third-order valence-electron chi connectivity index (χ3n) is 3.22. The zero-order valence-corrected chi connectivity index (χ0v) is 10.3. The molecule has 0 bridgehead atoms.